The van der Waals surface area contributed by atoms with Gasteiger partial charge in [0.2, 0.25) is 5.91 Å². The molecule has 2 atom stereocenters. The lowest BCUT2D eigenvalue weighted by Crippen LogP contribution is -2.41. The highest BCUT2D eigenvalue weighted by Gasteiger charge is 2.26. The number of nitrogens with zero attached hydrogens (tertiary/aromatic N) is 3. The maximum atomic E-state index is 12.4. The van der Waals surface area contributed by atoms with E-state index >= 15 is 0 Å². The van der Waals surface area contributed by atoms with Crippen LogP contribution in [0.1, 0.15) is 50.1 Å². The first-order valence-electron chi connectivity index (χ1n) is 8.12. The molecule has 2 saturated heterocycles. The summed E-state index contributed by atoms with van der Waals surface area (Å²) in [5.41, 5.74) is 1.18. The molecule has 5 heteroatoms. The molecule has 0 radical (unpaired) electrons. The predicted molar refractivity (Wildman–Crippen MR) is 80.0 cm³/mol. The van der Waals surface area contributed by atoms with Crippen LogP contribution in [0.15, 0.2) is 12.4 Å². The van der Waals surface area contributed by atoms with Gasteiger partial charge in [-0.25, -0.2) is 0 Å². The van der Waals surface area contributed by atoms with E-state index in [-0.39, 0.29) is 5.91 Å². The summed E-state index contributed by atoms with van der Waals surface area (Å²) in [7, 11) is 0. The first-order valence-corrected chi connectivity index (χ1v) is 8.12. The fraction of sp³-hybridized carbons (Fsp3) is 0.750. The molecule has 116 valence electrons. The van der Waals surface area contributed by atoms with Crippen molar-refractivity contribution in [1.29, 1.82) is 0 Å². The number of carbonyl (C=O) groups excluding carboxylic acids is 1. The molecule has 21 heavy (non-hydrogen) atoms. The molecule has 0 saturated carbocycles. The number of hydrogen-bond donors (Lipinski definition) is 0. The van der Waals surface area contributed by atoms with Crippen molar-refractivity contribution in [2.45, 2.75) is 57.6 Å². The number of rotatable bonds is 4. The van der Waals surface area contributed by atoms with Gasteiger partial charge in [0.1, 0.15) is 0 Å². The Labute approximate surface area is 126 Å². The van der Waals surface area contributed by atoms with E-state index in [0.717, 1.165) is 51.8 Å². The minimum atomic E-state index is 0.277. The van der Waals surface area contributed by atoms with E-state index in [1.165, 1.54) is 5.56 Å². The number of piperidine rings is 1. The van der Waals surface area contributed by atoms with Crippen LogP contribution in [-0.4, -0.2) is 46.4 Å². The van der Waals surface area contributed by atoms with E-state index in [4.69, 9.17) is 4.74 Å². The Hall–Kier alpha value is -1.36. The van der Waals surface area contributed by atoms with Crippen LogP contribution in [0.25, 0.3) is 0 Å². The average molecular weight is 291 g/mol. The van der Waals surface area contributed by atoms with Gasteiger partial charge in [-0.05, 0) is 44.6 Å². The third-order valence-corrected chi connectivity index (χ3v) is 4.56. The Morgan fingerprint density at radius 2 is 2.33 bits per heavy atom. The molecular weight excluding hydrogens is 266 g/mol. The first kappa shape index (κ1) is 14.6. The molecule has 0 unspecified atom stereocenters. The van der Waals surface area contributed by atoms with Crippen molar-refractivity contribution >= 4 is 5.91 Å². The molecule has 0 aromatic carbocycles. The second-order valence-electron chi connectivity index (χ2n) is 6.31. The minimum Gasteiger partial charge on any atom is -0.378 e. The van der Waals surface area contributed by atoms with Crippen LogP contribution in [0, 0.1) is 6.92 Å². The Bertz CT molecular complexity index is 480. The number of ether oxygens (including phenoxy) is 1. The molecule has 1 amide bonds. The summed E-state index contributed by atoms with van der Waals surface area (Å²) < 4.78 is 7.62. The highest BCUT2D eigenvalue weighted by molar-refractivity contribution is 5.76. The molecule has 0 N–H and O–H groups in total. The monoisotopic (exact) mass is 291 g/mol. The Balaban J connectivity index is 1.51. The van der Waals surface area contributed by atoms with Gasteiger partial charge in [0, 0.05) is 32.3 Å². The van der Waals surface area contributed by atoms with Crippen LogP contribution in [0.2, 0.25) is 0 Å². The summed E-state index contributed by atoms with van der Waals surface area (Å²) in [5, 5.41) is 4.40. The van der Waals surface area contributed by atoms with Crippen LogP contribution in [0.4, 0.5) is 0 Å². The fourth-order valence-corrected chi connectivity index (χ4v) is 3.34. The standard InChI is InChI=1S/C16H25N3O2/c1-13-10-17-19(11-13)14-4-2-8-18(12-14)16(20)7-6-15-5-3-9-21-15/h10-11,14-15H,2-9,12H2,1H3/t14-,15-/m0/s1. The molecule has 3 heterocycles. The van der Waals surface area contributed by atoms with Gasteiger partial charge in [-0.15, -0.1) is 0 Å². The number of likely N-dealkylation sites (tertiary alicyclic amines) is 1. The maximum Gasteiger partial charge on any atom is 0.222 e. The van der Waals surface area contributed by atoms with Crippen LogP contribution >= 0.6 is 0 Å². The lowest BCUT2D eigenvalue weighted by molar-refractivity contribution is -0.133. The van der Waals surface area contributed by atoms with Gasteiger partial charge in [-0.3, -0.25) is 9.48 Å². The molecule has 1 aromatic heterocycles. The third kappa shape index (κ3) is 3.64. The quantitative estimate of drug-likeness (QED) is 0.855. The Kier molecular flexibility index (Phi) is 4.58. The van der Waals surface area contributed by atoms with Gasteiger partial charge in [-0.1, -0.05) is 0 Å². The van der Waals surface area contributed by atoms with Crippen LogP contribution in [0.3, 0.4) is 0 Å². The zero-order chi connectivity index (χ0) is 14.7. The van der Waals surface area contributed by atoms with Crippen LogP contribution in [-0.2, 0) is 9.53 Å². The molecule has 2 aliphatic heterocycles. The van der Waals surface area contributed by atoms with Gasteiger partial charge >= 0.3 is 0 Å². The fourth-order valence-electron chi connectivity index (χ4n) is 3.34. The zero-order valence-electron chi connectivity index (χ0n) is 12.8. The zero-order valence-corrected chi connectivity index (χ0v) is 12.8. The van der Waals surface area contributed by atoms with Gasteiger partial charge < -0.3 is 9.64 Å². The number of aromatic nitrogens is 2. The topological polar surface area (TPSA) is 47.4 Å². The average Bonchev–Trinajstić information content (AvgIpc) is 3.16. The van der Waals surface area contributed by atoms with Crippen molar-refractivity contribution in [3.63, 3.8) is 0 Å². The highest BCUT2D eigenvalue weighted by Crippen LogP contribution is 2.23. The molecule has 5 nitrogen and oxygen atoms in total. The van der Waals surface area contributed by atoms with Crippen molar-refractivity contribution < 1.29 is 9.53 Å². The van der Waals surface area contributed by atoms with Gasteiger partial charge in [-0.2, -0.15) is 5.10 Å². The van der Waals surface area contributed by atoms with Gasteiger partial charge in [0.05, 0.1) is 18.3 Å². The number of amides is 1. The maximum absolute atomic E-state index is 12.4. The number of aryl methyl sites for hydroxylation is 1. The second-order valence-corrected chi connectivity index (χ2v) is 6.31. The summed E-state index contributed by atoms with van der Waals surface area (Å²) in [6, 6.07) is 0.333. The van der Waals surface area contributed by atoms with E-state index in [0.29, 0.717) is 18.6 Å². The smallest absolute Gasteiger partial charge is 0.222 e. The summed E-state index contributed by atoms with van der Waals surface area (Å²) >= 11 is 0. The van der Waals surface area contributed by atoms with Crippen LogP contribution in [0.5, 0.6) is 0 Å². The van der Waals surface area contributed by atoms with E-state index < -0.39 is 0 Å². The molecule has 2 fully saturated rings. The molecule has 0 aliphatic carbocycles. The van der Waals surface area contributed by atoms with E-state index in [1.807, 2.05) is 15.8 Å². The predicted octanol–water partition coefficient (Wildman–Crippen LogP) is 2.31. The lowest BCUT2D eigenvalue weighted by atomic mass is 10.0. The minimum absolute atomic E-state index is 0.277. The van der Waals surface area contributed by atoms with Crippen molar-refractivity contribution in [1.82, 2.24) is 14.7 Å². The van der Waals surface area contributed by atoms with E-state index in [2.05, 4.69) is 18.2 Å². The summed E-state index contributed by atoms with van der Waals surface area (Å²) in [6.07, 6.45) is 10.2. The largest absolute Gasteiger partial charge is 0.378 e. The Morgan fingerprint density at radius 3 is 3.05 bits per heavy atom. The lowest BCUT2D eigenvalue weighted by Gasteiger charge is -2.33. The normalized spacial score (nSPS) is 26.2. The molecule has 1 aromatic rings. The third-order valence-electron chi connectivity index (χ3n) is 4.56. The van der Waals surface area contributed by atoms with E-state index in [9.17, 15) is 4.79 Å². The number of hydrogen-bond acceptors (Lipinski definition) is 3. The Morgan fingerprint density at radius 1 is 1.43 bits per heavy atom. The van der Waals surface area contributed by atoms with Gasteiger partial charge in [0.15, 0.2) is 0 Å². The molecular formula is C16H25N3O2. The van der Waals surface area contributed by atoms with Crippen molar-refractivity contribution in [2.75, 3.05) is 19.7 Å². The summed E-state index contributed by atoms with van der Waals surface area (Å²) in [4.78, 5) is 14.4. The SMILES string of the molecule is Cc1cnn([C@H]2CCCN(C(=O)CC[C@@H]3CCCO3)C2)c1. The highest BCUT2D eigenvalue weighted by atomic mass is 16.5. The summed E-state index contributed by atoms with van der Waals surface area (Å²) in [6.45, 7) is 4.60. The van der Waals surface area contributed by atoms with E-state index in [1.54, 1.807) is 0 Å². The molecule has 0 spiro atoms. The number of carbonyl (C=O) groups is 1. The molecule has 3 rings (SSSR count). The molecule has 2 aliphatic rings. The second kappa shape index (κ2) is 6.60. The summed E-state index contributed by atoms with van der Waals surface area (Å²) in [5.74, 6) is 0.277. The van der Waals surface area contributed by atoms with Crippen LogP contribution < -0.4 is 0 Å². The molecule has 0 bridgehead atoms. The van der Waals surface area contributed by atoms with Gasteiger partial charge in [0.25, 0.3) is 0 Å². The first-order chi connectivity index (χ1) is 10.2. The van der Waals surface area contributed by atoms with Crippen molar-refractivity contribution in [3.05, 3.63) is 18.0 Å². The van der Waals surface area contributed by atoms with Crippen molar-refractivity contribution in [3.8, 4) is 0 Å². The van der Waals surface area contributed by atoms with Crippen molar-refractivity contribution in [2.24, 2.45) is 0 Å².